The van der Waals surface area contributed by atoms with E-state index < -0.39 is 0 Å². The molecule has 4 heteroatoms. The molecule has 100 valence electrons. The molecule has 0 spiro atoms. The lowest BCUT2D eigenvalue weighted by molar-refractivity contribution is 0.345. The van der Waals surface area contributed by atoms with E-state index >= 15 is 0 Å². The molecule has 0 bridgehead atoms. The lowest BCUT2D eigenvalue weighted by Crippen LogP contribution is -2.34. The molecular weight excluding hydrogens is 246 g/mol. The summed E-state index contributed by atoms with van der Waals surface area (Å²) >= 11 is 6.15. The van der Waals surface area contributed by atoms with Crippen LogP contribution < -0.4 is 0 Å². The van der Waals surface area contributed by atoms with Crippen molar-refractivity contribution in [3.63, 3.8) is 0 Å². The van der Waals surface area contributed by atoms with E-state index in [2.05, 4.69) is 28.4 Å². The van der Waals surface area contributed by atoms with Gasteiger partial charge in [-0.2, -0.15) is 0 Å². The van der Waals surface area contributed by atoms with Crippen molar-refractivity contribution in [3.05, 3.63) is 23.4 Å². The van der Waals surface area contributed by atoms with Crippen molar-refractivity contribution in [1.82, 2.24) is 9.80 Å². The van der Waals surface area contributed by atoms with Crippen LogP contribution in [0.5, 0.6) is 0 Å². The highest BCUT2D eigenvalue weighted by molar-refractivity contribution is 6.30. The Kier molecular flexibility index (Phi) is 4.84. The van der Waals surface area contributed by atoms with Gasteiger partial charge in [-0.15, -0.1) is 0 Å². The maximum absolute atomic E-state index is 6.15. The topological polar surface area (TPSA) is 18.8 Å². The Balaban J connectivity index is 2.10. The molecule has 0 aromatic rings. The number of hydrogen-bond donors (Lipinski definition) is 0. The zero-order chi connectivity index (χ0) is 13.0. The molecule has 0 radical (unpaired) electrons. The first-order chi connectivity index (χ1) is 8.65. The van der Waals surface area contributed by atoms with E-state index in [1.165, 1.54) is 13.0 Å². The molecule has 0 saturated carbocycles. The van der Waals surface area contributed by atoms with Gasteiger partial charge in [-0.05, 0) is 38.9 Å². The van der Waals surface area contributed by atoms with Crippen LogP contribution in [0.15, 0.2) is 28.4 Å². The quantitative estimate of drug-likeness (QED) is 0.629. The smallest absolute Gasteiger partial charge is 0.131 e. The second-order valence-corrected chi connectivity index (χ2v) is 5.54. The van der Waals surface area contributed by atoms with Crippen LogP contribution in [-0.2, 0) is 0 Å². The summed E-state index contributed by atoms with van der Waals surface area (Å²) in [7, 11) is 2.18. The fraction of sp³-hybridized carbons (Fsp3) is 0.643. The van der Waals surface area contributed by atoms with Crippen molar-refractivity contribution in [2.75, 3.05) is 33.2 Å². The Morgan fingerprint density at radius 3 is 2.83 bits per heavy atom. The first kappa shape index (κ1) is 13.6. The Labute approximate surface area is 115 Å². The minimum Gasteiger partial charge on any atom is -0.359 e. The summed E-state index contributed by atoms with van der Waals surface area (Å²) in [6.45, 7) is 8.40. The number of nitrogens with zero attached hydrogens (tertiary/aromatic N) is 3. The summed E-state index contributed by atoms with van der Waals surface area (Å²) in [5, 5.41) is 0.576. The van der Waals surface area contributed by atoms with E-state index in [9.17, 15) is 0 Å². The van der Waals surface area contributed by atoms with Gasteiger partial charge >= 0.3 is 0 Å². The molecule has 18 heavy (non-hydrogen) atoms. The number of hydrogen-bond acceptors (Lipinski definition) is 3. The maximum Gasteiger partial charge on any atom is 0.131 e. The Morgan fingerprint density at radius 2 is 2.00 bits per heavy atom. The van der Waals surface area contributed by atoms with Crippen LogP contribution in [0.3, 0.4) is 0 Å². The standard InChI is InChI=1S/C14H22ClN3/c1-12-5-3-6-14(16-13(15)11-12)18-8-4-7-17(2)9-10-18/h11H,1,3-10H2,2H3/b13-11-,16-14?. The second kappa shape index (κ2) is 6.39. The molecule has 2 aliphatic heterocycles. The third-order valence-corrected chi connectivity index (χ3v) is 3.74. The second-order valence-electron chi connectivity index (χ2n) is 5.15. The minimum absolute atomic E-state index is 0.576. The van der Waals surface area contributed by atoms with E-state index in [1.54, 1.807) is 0 Å². The summed E-state index contributed by atoms with van der Waals surface area (Å²) in [5.41, 5.74) is 1.08. The van der Waals surface area contributed by atoms with Crippen LogP contribution in [0.25, 0.3) is 0 Å². The van der Waals surface area contributed by atoms with Crippen LogP contribution >= 0.6 is 11.6 Å². The number of rotatable bonds is 0. The van der Waals surface area contributed by atoms with Gasteiger partial charge in [-0.3, -0.25) is 0 Å². The van der Waals surface area contributed by atoms with Crippen LogP contribution in [0, 0.1) is 0 Å². The summed E-state index contributed by atoms with van der Waals surface area (Å²) < 4.78 is 0. The average Bonchev–Trinajstić information content (AvgIpc) is 2.50. The molecule has 0 aromatic heterocycles. The van der Waals surface area contributed by atoms with Crippen molar-refractivity contribution < 1.29 is 0 Å². The first-order valence-electron chi connectivity index (χ1n) is 6.71. The lowest BCUT2D eigenvalue weighted by Gasteiger charge is -2.25. The highest BCUT2D eigenvalue weighted by Crippen LogP contribution is 2.19. The number of likely N-dealkylation sites (N-methyl/N-ethyl adjacent to an activating group) is 1. The van der Waals surface area contributed by atoms with Crippen molar-refractivity contribution in [2.24, 2.45) is 4.99 Å². The predicted molar refractivity (Wildman–Crippen MR) is 78.0 cm³/mol. The molecule has 2 rings (SSSR count). The maximum atomic E-state index is 6.15. The Morgan fingerprint density at radius 1 is 1.17 bits per heavy atom. The molecule has 1 saturated heterocycles. The summed E-state index contributed by atoms with van der Waals surface area (Å²) in [6.07, 6.45) is 6.23. The molecule has 3 nitrogen and oxygen atoms in total. The van der Waals surface area contributed by atoms with Gasteiger partial charge < -0.3 is 9.80 Å². The zero-order valence-electron chi connectivity index (χ0n) is 11.2. The van der Waals surface area contributed by atoms with Crippen molar-refractivity contribution in [3.8, 4) is 0 Å². The fourth-order valence-corrected chi connectivity index (χ4v) is 2.71. The van der Waals surface area contributed by atoms with E-state index in [-0.39, 0.29) is 0 Å². The molecule has 0 unspecified atom stereocenters. The van der Waals surface area contributed by atoms with E-state index in [0.29, 0.717) is 5.16 Å². The SMILES string of the molecule is C=C1/C=C(/Cl)N=C(N2CCCN(C)CC2)CCC1. The highest BCUT2D eigenvalue weighted by Gasteiger charge is 2.17. The molecule has 0 aromatic carbocycles. The van der Waals surface area contributed by atoms with Gasteiger partial charge in [-0.1, -0.05) is 23.8 Å². The van der Waals surface area contributed by atoms with E-state index in [0.717, 1.165) is 50.3 Å². The molecule has 0 aliphatic carbocycles. The summed E-state index contributed by atoms with van der Waals surface area (Å²) in [6, 6.07) is 0. The third kappa shape index (κ3) is 3.85. The van der Waals surface area contributed by atoms with Gasteiger partial charge in [0.05, 0.1) is 0 Å². The predicted octanol–water partition coefficient (Wildman–Crippen LogP) is 2.84. The molecule has 1 fully saturated rings. The molecule has 0 atom stereocenters. The zero-order valence-corrected chi connectivity index (χ0v) is 11.9. The van der Waals surface area contributed by atoms with Gasteiger partial charge in [-0.25, -0.2) is 4.99 Å². The van der Waals surface area contributed by atoms with Gasteiger partial charge in [0.1, 0.15) is 11.0 Å². The molecule has 0 amide bonds. The van der Waals surface area contributed by atoms with E-state index in [4.69, 9.17) is 11.6 Å². The van der Waals surface area contributed by atoms with Crippen LogP contribution in [-0.4, -0.2) is 48.9 Å². The fourth-order valence-electron chi connectivity index (χ4n) is 2.46. The normalized spacial score (nSPS) is 26.8. The van der Waals surface area contributed by atoms with Crippen molar-refractivity contribution in [2.45, 2.75) is 25.7 Å². The van der Waals surface area contributed by atoms with Crippen LogP contribution in [0.2, 0.25) is 0 Å². The lowest BCUT2D eigenvalue weighted by atomic mass is 10.1. The average molecular weight is 268 g/mol. The van der Waals surface area contributed by atoms with Gasteiger partial charge in [0.2, 0.25) is 0 Å². The van der Waals surface area contributed by atoms with Crippen LogP contribution in [0.1, 0.15) is 25.7 Å². The third-order valence-electron chi connectivity index (χ3n) is 3.54. The first-order valence-corrected chi connectivity index (χ1v) is 7.09. The minimum atomic E-state index is 0.576. The summed E-state index contributed by atoms with van der Waals surface area (Å²) in [5.74, 6) is 1.15. The summed E-state index contributed by atoms with van der Waals surface area (Å²) in [4.78, 5) is 9.34. The van der Waals surface area contributed by atoms with Gasteiger partial charge in [0.25, 0.3) is 0 Å². The molecule has 2 heterocycles. The van der Waals surface area contributed by atoms with Crippen molar-refractivity contribution in [1.29, 1.82) is 0 Å². The number of allylic oxidation sites excluding steroid dienone is 2. The van der Waals surface area contributed by atoms with Gasteiger partial charge in [0, 0.05) is 26.1 Å². The number of halogens is 1. The molecule has 0 N–H and O–H groups in total. The van der Waals surface area contributed by atoms with Gasteiger partial charge in [0.15, 0.2) is 0 Å². The molecule has 2 aliphatic rings. The van der Waals surface area contributed by atoms with Crippen molar-refractivity contribution >= 4 is 17.4 Å². The van der Waals surface area contributed by atoms with Crippen LogP contribution in [0.4, 0.5) is 0 Å². The number of amidine groups is 1. The monoisotopic (exact) mass is 267 g/mol. The largest absolute Gasteiger partial charge is 0.359 e. The Bertz CT molecular complexity index is 373. The number of aliphatic imine (C=N–C) groups is 1. The molecular formula is C14H22ClN3. The highest BCUT2D eigenvalue weighted by atomic mass is 35.5. The van der Waals surface area contributed by atoms with E-state index in [1.807, 2.05) is 6.08 Å². The Hall–Kier alpha value is -0.800.